The minimum absolute atomic E-state index is 0.00440. The van der Waals surface area contributed by atoms with E-state index in [1.807, 2.05) is 61.5 Å². The molecule has 0 aliphatic rings. The Morgan fingerprint density at radius 1 is 0.893 bits per heavy atom. The highest BCUT2D eigenvalue weighted by atomic mass is 16.5. The number of carbonyl (C=O) groups excluding carboxylic acids is 1. The van der Waals surface area contributed by atoms with Gasteiger partial charge in [-0.2, -0.15) is 0 Å². The summed E-state index contributed by atoms with van der Waals surface area (Å²) >= 11 is 0. The van der Waals surface area contributed by atoms with Crippen LogP contribution >= 0.6 is 0 Å². The summed E-state index contributed by atoms with van der Waals surface area (Å²) in [5.41, 5.74) is 4.22. The summed E-state index contributed by atoms with van der Waals surface area (Å²) in [4.78, 5) is 24.2. The van der Waals surface area contributed by atoms with Gasteiger partial charge in [-0.05, 0) is 41.8 Å². The quantitative estimate of drug-likeness (QED) is 0.369. The standard InChI is InChI=1S/C24H18O4/c1-16-7-12-21-20(14-23(25)28-22(21)13-16)15-27-24(26)19-10-8-18(9-11-19)17-5-3-2-4-6-17/h2-14H,15H2,1H3. The highest BCUT2D eigenvalue weighted by molar-refractivity contribution is 5.90. The summed E-state index contributed by atoms with van der Waals surface area (Å²) in [7, 11) is 0. The minimum Gasteiger partial charge on any atom is -0.457 e. The Labute approximate surface area is 162 Å². The molecule has 0 atom stereocenters. The van der Waals surface area contributed by atoms with Crippen LogP contribution in [0.1, 0.15) is 21.5 Å². The van der Waals surface area contributed by atoms with Gasteiger partial charge in [-0.3, -0.25) is 0 Å². The number of hydrogen-bond donors (Lipinski definition) is 0. The predicted octanol–water partition coefficient (Wildman–Crippen LogP) is 5.13. The molecule has 1 heterocycles. The highest BCUT2D eigenvalue weighted by Gasteiger charge is 2.11. The summed E-state index contributed by atoms with van der Waals surface area (Å²) in [5.74, 6) is -0.437. The maximum atomic E-state index is 12.4. The summed E-state index contributed by atoms with van der Waals surface area (Å²) in [6.07, 6.45) is 0. The van der Waals surface area contributed by atoms with Gasteiger partial charge in [-0.1, -0.05) is 54.6 Å². The first-order chi connectivity index (χ1) is 13.6. The third-order valence-corrected chi connectivity index (χ3v) is 4.57. The molecule has 3 aromatic carbocycles. The van der Waals surface area contributed by atoms with Crippen molar-refractivity contribution in [2.24, 2.45) is 0 Å². The molecule has 4 nitrogen and oxygen atoms in total. The van der Waals surface area contributed by atoms with Crippen molar-refractivity contribution in [2.75, 3.05) is 0 Å². The molecule has 0 radical (unpaired) electrons. The molecule has 0 unspecified atom stereocenters. The zero-order valence-electron chi connectivity index (χ0n) is 15.3. The Kier molecular flexibility index (Phi) is 4.77. The van der Waals surface area contributed by atoms with Gasteiger partial charge in [-0.15, -0.1) is 0 Å². The zero-order chi connectivity index (χ0) is 19.5. The van der Waals surface area contributed by atoms with E-state index >= 15 is 0 Å². The SMILES string of the molecule is Cc1ccc2c(COC(=O)c3ccc(-c4ccccc4)cc3)cc(=O)oc2c1. The van der Waals surface area contributed by atoms with Gasteiger partial charge in [0.2, 0.25) is 0 Å². The van der Waals surface area contributed by atoms with Crippen molar-refractivity contribution < 1.29 is 13.9 Å². The van der Waals surface area contributed by atoms with E-state index in [4.69, 9.17) is 9.15 Å². The van der Waals surface area contributed by atoms with E-state index in [9.17, 15) is 9.59 Å². The van der Waals surface area contributed by atoms with E-state index in [0.29, 0.717) is 16.7 Å². The normalized spacial score (nSPS) is 10.8. The third kappa shape index (κ3) is 3.71. The number of hydrogen-bond acceptors (Lipinski definition) is 4. The number of esters is 1. The molecule has 0 spiro atoms. The van der Waals surface area contributed by atoms with Crippen LogP contribution in [0.4, 0.5) is 0 Å². The highest BCUT2D eigenvalue weighted by Crippen LogP contribution is 2.21. The minimum atomic E-state index is -0.462. The second-order valence-electron chi connectivity index (χ2n) is 6.61. The van der Waals surface area contributed by atoms with E-state index in [-0.39, 0.29) is 6.61 Å². The van der Waals surface area contributed by atoms with Gasteiger partial charge in [0, 0.05) is 17.0 Å². The number of carbonyl (C=O) groups is 1. The van der Waals surface area contributed by atoms with E-state index in [2.05, 4.69) is 0 Å². The molecule has 4 aromatic rings. The topological polar surface area (TPSA) is 56.5 Å². The van der Waals surface area contributed by atoms with Crippen LogP contribution < -0.4 is 5.63 Å². The van der Waals surface area contributed by atoms with E-state index in [1.54, 1.807) is 18.2 Å². The smallest absolute Gasteiger partial charge is 0.338 e. The maximum absolute atomic E-state index is 12.4. The Bertz CT molecular complexity index is 1190. The molecule has 138 valence electrons. The second-order valence-corrected chi connectivity index (χ2v) is 6.61. The summed E-state index contributed by atoms with van der Waals surface area (Å²) in [5, 5.41) is 0.762. The molecule has 4 rings (SSSR count). The average Bonchev–Trinajstić information content (AvgIpc) is 2.72. The van der Waals surface area contributed by atoms with Crippen LogP contribution in [0.3, 0.4) is 0 Å². The molecule has 0 N–H and O–H groups in total. The summed E-state index contributed by atoms with van der Waals surface area (Å²) in [6, 6.07) is 24.2. The fourth-order valence-corrected chi connectivity index (χ4v) is 3.11. The van der Waals surface area contributed by atoms with Crippen LogP contribution in [0.25, 0.3) is 22.1 Å². The number of rotatable bonds is 4. The van der Waals surface area contributed by atoms with Crippen LogP contribution in [-0.4, -0.2) is 5.97 Å². The second kappa shape index (κ2) is 7.53. The van der Waals surface area contributed by atoms with Crippen molar-refractivity contribution in [3.05, 3.63) is 106 Å². The molecule has 0 saturated heterocycles. The number of fused-ring (bicyclic) bond motifs is 1. The fourth-order valence-electron chi connectivity index (χ4n) is 3.11. The first kappa shape index (κ1) is 17.7. The molecular formula is C24H18O4. The molecule has 0 fully saturated rings. The lowest BCUT2D eigenvalue weighted by atomic mass is 10.0. The van der Waals surface area contributed by atoms with Crippen molar-refractivity contribution >= 4 is 16.9 Å². The monoisotopic (exact) mass is 370 g/mol. The average molecular weight is 370 g/mol. The Morgan fingerprint density at radius 3 is 2.36 bits per heavy atom. The van der Waals surface area contributed by atoms with Gasteiger partial charge in [0.05, 0.1) is 5.56 Å². The van der Waals surface area contributed by atoms with E-state index < -0.39 is 11.6 Å². The van der Waals surface area contributed by atoms with Crippen molar-refractivity contribution in [3.63, 3.8) is 0 Å². The Hall–Kier alpha value is -3.66. The first-order valence-corrected chi connectivity index (χ1v) is 8.96. The van der Waals surface area contributed by atoms with Gasteiger partial charge in [0.1, 0.15) is 12.2 Å². The first-order valence-electron chi connectivity index (χ1n) is 8.96. The predicted molar refractivity (Wildman–Crippen MR) is 108 cm³/mol. The number of ether oxygens (including phenoxy) is 1. The van der Waals surface area contributed by atoms with Crippen LogP contribution in [-0.2, 0) is 11.3 Å². The van der Waals surface area contributed by atoms with Gasteiger partial charge < -0.3 is 9.15 Å². The van der Waals surface area contributed by atoms with Crippen molar-refractivity contribution in [3.8, 4) is 11.1 Å². The van der Waals surface area contributed by atoms with Gasteiger partial charge in [0.25, 0.3) is 0 Å². The van der Waals surface area contributed by atoms with Crippen LogP contribution in [0.5, 0.6) is 0 Å². The zero-order valence-corrected chi connectivity index (χ0v) is 15.3. The van der Waals surface area contributed by atoms with Gasteiger partial charge in [0.15, 0.2) is 0 Å². The summed E-state index contributed by atoms with van der Waals surface area (Å²) < 4.78 is 10.7. The Balaban J connectivity index is 1.52. The van der Waals surface area contributed by atoms with Gasteiger partial charge in [-0.25, -0.2) is 9.59 Å². The molecular weight excluding hydrogens is 352 g/mol. The third-order valence-electron chi connectivity index (χ3n) is 4.57. The van der Waals surface area contributed by atoms with Gasteiger partial charge >= 0.3 is 11.6 Å². The van der Waals surface area contributed by atoms with E-state index in [1.165, 1.54) is 6.07 Å². The molecule has 4 heteroatoms. The van der Waals surface area contributed by atoms with Crippen molar-refractivity contribution in [2.45, 2.75) is 13.5 Å². The van der Waals surface area contributed by atoms with Crippen LogP contribution in [0.15, 0.2) is 88.1 Å². The number of aryl methyl sites for hydroxylation is 1. The number of benzene rings is 3. The lowest BCUT2D eigenvalue weighted by molar-refractivity contribution is 0.0474. The lowest BCUT2D eigenvalue weighted by Crippen LogP contribution is -2.08. The maximum Gasteiger partial charge on any atom is 0.338 e. The molecule has 28 heavy (non-hydrogen) atoms. The molecule has 0 bridgehead atoms. The molecule has 0 aliphatic carbocycles. The molecule has 0 amide bonds. The molecule has 0 aliphatic heterocycles. The fraction of sp³-hybridized carbons (Fsp3) is 0.0833. The lowest BCUT2D eigenvalue weighted by Gasteiger charge is -2.08. The van der Waals surface area contributed by atoms with Crippen LogP contribution in [0, 0.1) is 6.92 Å². The van der Waals surface area contributed by atoms with Crippen molar-refractivity contribution in [1.29, 1.82) is 0 Å². The van der Waals surface area contributed by atoms with Crippen LogP contribution in [0.2, 0.25) is 0 Å². The largest absolute Gasteiger partial charge is 0.457 e. The van der Waals surface area contributed by atoms with E-state index in [0.717, 1.165) is 22.1 Å². The Morgan fingerprint density at radius 2 is 1.61 bits per heavy atom. The molecule has 1 aromatic heterocycles. The molecule has 0 saturated carbocycles. The summed E-state index contributed by atoms with van der Waals surface area (Å²) in [6.45, 7) is 1.93. The van der Waals surface area contributed by atoms with Crippen molar-refractivity contribution in [1.82, 2.24) is 0 Å².